The summed E-state index contributed by atoms with van der Waals surface area (Å²) in [7, 11) is -3.87. The van der Waals surface area contributed by atoms with E-state index in [4.69, 9.17) is 16.3 Å². The summed E-state index contributed by atoms with van der Waals surface area (Å²) in [5.41, 5.74) is 1.17. The van der Waals surface area contributed by atoms with Crippen molar-refractivity contribution in [2.75, 3.05) is 37.7 Å². The SMILES string of the molecule is CC/C=C/[C@@](O)(CC(=O)N1CC(F)(F)C1)[C@@H]1CC[C@H]1CN1C[C@@]2(CCCc3cc(Cl)ccc32)COc2ccc(C(=O)NS(=O)(=O)C(C)C)cc21. The molecule has 2 aromatic rings. The van der Waals surface area contributed by atoms with E-state index in [-0.39, 0.29) is 23.8 Å². The van der Waals surface area contributed by atoms with Gasteiger partial charge in [-0.25, -0.2) is 21.9 Å². The molecule has 6 rings (SSSR count). The van der Waals surface area contributed by atoms with Crippen molar-refractivity contribution in [2.45, 2.75) is 87.9 Å². The first-order chi connectivity index (χ1) is 23.5. The number of rotatable bonds is 10. The quantitative estimate of drug-likeness (QED) is 0.294. The second-order valence-corrected chi connectivity index (χ2v) is 17.5. The van der Waals surface area contributed by atoms with Crippen LogP contribution in [0.1, 0.15) is 80.8 Å². The molecule has 1 saturated heterocycles. The van der Waals surface area contributed by atoms with Crippen LogP contribution in [-0.2, 0) is 26.7 Å². The number of alkyl halides is 2. The highest BCUT2D eigenvalue weighted by Crippen LogP contribution is 2.49. The Morgan fingerprint density at radius 1 is 1.16 bits per heavy atom. The molecule has 1 saturated carbocycles. The second-order valence-electron chi connectivity index (χ2n) is 14.8. The maximum atomic E-state index is 13.6. The number of anilines is 1. The number of hydrogen-bond acceptors (Lipinski definition) is 7. The van der Waals surface area contributed by atoms with Crippen molar-refractivity contribution in [3.05, 3.63) is 70.3 Å². The summed E-state index contributed by atoms with van der Waals surface area (Å²) < 4.78 is 61.1. The average molecular weight is 734 g/mol. The highest BCUT2D eigenvalue weighted by Gasteiger charge is 2.52. The van der Waals surface area contributed by atoms with Crippen molar-refractivity contribution >= 4 is 39.1 Å². The van der Waals surface area contributed by atoms with Gasteiger partial charge in [0.15, 0.2) is 0 Å². The number of sulfonamides is 1. The fraction of sp³-hybridized carbons (Fsp3) is 0.568. The number of hydrogen-bond donors (Lipinski definition) is 2. The zero-order chi connectivity index (χ0) is 36.1. The Bertz CT molecular complexity index is 1780. The van der Waals surface area contributed by atoms with Gasteiger partial charge in [-0.15, -0.1) is 0 Å². The molecule has 13 heteroatoms. The number of nitrogens with zero attached hydrogens (tertiary/aromatic N) is 2. The minimum absolute atomic E-state index is 0.0813. The van der Waals surface area contributed by atoms with E-state index in [1.165, 1.54) is 13.8 Å². The molecule has 0 radical (unpaired) electrons. The summed E-state index contributed by atoms with van der Waals surface area (Å²) in [6.45, 7) is 5.00. The molecule has 2 aromatic carbocycles. The molecule has 2 fully saturated rings. The largest absolute Gasteiger partial charge is 0.490 e. The van der Waals surface area contributed by atoms with Crippen molar-refractivity contribution in [1.82, 2.24) is 9.62 Å². The first-order valence-corrected chi connectivity index (χ1v) is 19.4. The van der Waals surface area contributed by atoms with Crippen LogP contribution in [0.4, 0.5) is 14.5 Å². The fourth-order valence-electron chi connectivity index (χ4n) is 7.97. The number of aliphatic hydroxyl groups is 1. The number of likely N-dealkylation sites (tertiary alicyclic amines) is 1. The van der Waals surface area contributed by atoms with E-state index in [0.717, 1.165) is 41.7 Å². The third-order valence-corrected chi connectivity index (χ3v) is 12.9. The highest BCUT2D eigenvalue weighted by atomic mass is 35.5. The molecule has 4 aliphatic rings. The Morgan fingerprint density at radius 3 is 2.58 bits per heavy atom. The molecule has 0 aromatic heterocycles. The Morgan fingerprint density at radius 2 is 1.92 bits per heavy atom. The zero-order valence-electron chi connectivity index (χ0n) is 28.8. The number of carbonyl (C=O) groups is 2. The van der Waals surface area contributed by atoms with E-state index >= 15 is 0 Å². The van der Waals surface area contributed by atoms with Crippen LogP contribution in [0.2, 0.25) is 5.02 Å². The van der Waals surface area contributed by atoms with E-state index in [1.807, 2.05) is 25.1 Å². The predicted molar refractivity (Wildman–Crippen MR) is 188 cm³/mol. The van der Waals surface area contributed by atoms with Crippen LogP contribution in [0.15, 0.2) is 48.6 Å². The number of ether oxygens (including phenoxy) is 1. The van der Waals surface area contributed by atoms with Crippen LogP contribution in [0, 0.1) is 11.8 Å². The Hall–Kier alpha value is -3.22. The van der Waals surface area contributed by atoms with Gasteiger partial charge in [0.2, 0.25) is 15.9 Å². The van der Waals surface area contributed by atoms with Crippen LogP contribution >= 0.6 is 11.6 Å². The summed E-state index contributed by atoms with van der Waals surface area (Å²) in [6, 6.07) is 10.9. The number of halogens is 3. The van der Waals surface area contributed by atoms with Crippen LogP contribution in [0.3, 0.4) is 0 Å². The maximum Gasteiger partial charge on any atom is 0.282 e. The molecule has 2 aliphatic heterocycles. The molecule has 2 aliphatic carbocycles. The Balaban J connectivity index is 1.34. The molecule has 4 atom stereocenters. The van der Waals surface area contributed by atoms with Crippen molar-refractivity contribution in [3.8, 4) is 5.75 Å². The molecule has 0 bridgehead atoms. The summed E-state index contributed by atoms with van der Waals surface area (Å²) in [6.07, 6.45) is 7.91. The monoisotopic (exact) mass is 733 g/mol. The zero-order valence-corrected chi connectivity index (χ0v) is 30.3. The lowest BCUT2D eigenvalue weighted by Gasteiger charge is -2.49. The van der Waals surface area contributed by atoms with E-state index in [1.54, 1.807) is 24.3 Å². The predicted octanol–water partition coefficient (Wildman–Crippen LogP) is 5.87. The topological polar surface area (TPSA) is 116 Å². The van der Waals surface area contributed by atoms with Gasteiger partial charge in [0, 0.05) is 29.1 Å². The van der Waals surface area contributed by atoms with Gasteiger partial charge in [-0.05, 0) is 106 Å². The van der Waals surface area contributed by atoms with Gasteiger partial charge in [0.25, 0.3) is 11.8 Å². The third kappa shape index (κ3) is 7.25. The molecule has 2 heterocycles. The highest BCUT2D eigenvalue weighted by molar-refractivity contribution is 7.90. The molecular weight excluding hydrogens is 688 g/mol. The lowest BCUT2D eigenvalue weighted by molar-refractivity contribution is -0.171. The fourth-order valence-corrected chi connectivity index (χ4v) is 8.77. The van der Waals surface area contributed by atoms with Crippen molar-refractivity contribution in [3.63, 3.8) is 0 Å². The minimum atomic E-state index is -3.87. The number of benzene rings is 2. The van der Waals surface area contributed by atoms with Crippen LogP contribution in [-0.4, -0.2) is 79.8 Å². The van der Waals surface area contributed by atoms with Gasteiger partial charge in [-0.1, -0.05) is 36.7 Å². The molecule has 9 nitrogen and oxygen atoms in total. The lowest BCUT2D eigenvalue weighted by Crippen LogP contribution is -2.60. The second kappa shape index (κ2) is 13.7. The molecule has 272 valence electrons. The van der Waals surface area contributed by atoms with Crippen LogP contribution in [0.5, 0.6) is 5.75 Å². The summed E-state index contributed by atoms with van der Waals surface area (Å²) in [4.78, 5) is 29.6. The first-order valence-electron chi connectivity index (χ1n) is 17.5. The first kappa shape index (κ1) is 36.6. The van der Waals surface area contributed by atoms with Gasteiger partial charge in [-0.3, -0.25) is 9.59 Å². The van der Waals surface area contributed by atoms with Gasteiger partial charge in [0.1, 0.15) is 5.75 Å². The third-order valence-electron chi connectivity index (χ3n) is 10.9. The van der Waals surface area contributed by atoms with Crippen LogP contribution < -0.4 is 14.4 Å². The normalized spacial score (nSPS) is 25.5. The number of amides is 2. The minimum Gasteiger partial charge on any atom is -0.490 e. The van der Waals surface area contributed by atoms with Gasteiger partial charge >= 0.3 is 0 Å². The molecule has 0 unspecified atom stereocenters. The summed E-state index contributed by atoms with van der Waals surface area (Å²) >= 11 is 6.41. The molecular formula is C37H46ClF2N3O6S. The number of nitrogens with one attached hydrogen (secondary N) is 1. The van der Waals surface area contributed by atoms with E-state index in [0.29, 0.717) is 49.0 Å². The van der Waals surface area contributed by atoms with Gasteiger partial charge in [0.05, 0.1) is 42.7 Å². The van der Waals surface area contributed by atoms with Crippen molar-refractivity contribution < 1.29 is 36.6 Å². The molecule has 2 N–H and O–H groups in total. The lowest BCUT2D eigenvalue weighted by atomic mass is 9.63. The number of allylic oxidation sites excluding steroid dienone is 1. The van der Waals surface area contributed by atoms with Gasteiger partial charge < -0.3 is 19.6 Å². The van der Waals surface area contributed by atoms with Crippen molar-refractivity contribution in [1.29, 1.82) is 0 Å². The number of fused-ring (bicyclic) bond motifs is 3. The molecule has 2 amide bonds. The van der Waals surface area contributed by atoms with E-state index < -0.39 is 57.1 Å². The molecule has 50 heavy (non-hydrogen) atoms. The smallest absolute Gasteiger partial charge is 0.282 e. The van der Waals surface area contributed by atoms with E-state index in [9.17, 15) is 31.9 Å². The van der Waals surface area contributed by atoms with Gasteiger partial charge in [-0.2, -0.15) is 0 Å². The maximum absolute atomic E-state index is 13.6. The number of aryl methyl sites for hydroxylation is 1. The number of carbonyl (C=O) groups excluding carboxylic acids is 2. The Kier molecular flexibility index (Phi) is 10.0. The standard InChI is InChI=1S/C37H46ClF2N3O6S/c1-4-5-15-36(46,18-33(44)43-21-37(39,40)22-43)30-11-8-27(30)19-42-20-35(14-6-7-25-16-28(38)10-12-29(25)35)23-49-32-13-9-26(17-31(32)42)34(45)41-50(47,48)24(2)3/h5,9-10,12-13,15-17,24,27,30,46H,4,6-8,11,14,18-23H2,1-3H3,(H,41,45)/b15-5+/t27-,30+,35-,36+/m0/s1. The summed E-state index contributed by atoms with van der Waals surface area (Å²) in [5.74, 6) is -3.99. The summed E-state index contributed by atoms with van der Waals surface area (Å²) in [5, 5.41) is 11.9. The van der Waals surface area contributed by atoms with Crippen LogP contribution in [0.25, 0.3) is 0 Å². The molecule has 1 spiro atoms. The van der Waals surface area contributed by atoms with Crippen molar-refractivity contribution in [2.24, 2.45) is 11.8 Å². The van der Waals surface area contributed by atoms with E-state index in [2.05, 4.69) is 15.7 Å². The average Bonchev–Trinajstić information content (AvgIpc) is 3.17. The Labute approximate surface area is 298 Å².